The van der Waals surface area contributed by atoms with Gasteiger partial charge in [0.05, 0.1) is 0 Å². The SMILES string of the molecule is Cc1ccc(SCCNC(=S)Nc2cc(C)ccn2)cc1. The first-order valence-corrected chi connectivity index (χ1v) is 8.20. The van der Waals surface area contributed by atoms with Crippen molar-refractivity contribution < 1.29 is 0 Å². The third-order valence-corrected chi connectivity index (χ3v) is 4.09. The first-order chi connectivity index (χ1) is 10.1. The Morgan fingerprint density at radius 2 is 1.90 bits per heavy atom. The second-order valence-electron chi connectivity index (χ2n) is 4.76. The minimum atomic E-state index is 0.609. The van der Waals surface area contributed by atoms with Gasteiger partial charge in [-0.1, -0.05) is 17.7 Å². The van der Waals surface area contributed by atoms with Gasteiger partial charge in [0, 0.05) is 23.4 Å². The molecule has 2 rings (SSSR count). The Bertz CT molecular complexity index is 597. The Hall–Kier alpha value is -1.59. The van der Waals surface area contributed by atoms with E-state index in [1.54, 1.807) is 6.20 Å². The average molecular weight is 317 g/mol. The van der Waals surface area contributed by atoms with Crippen LogP contribution in [0.15, 0.2) is 47.5 Å². The van der Waals surface area contributed by atoms with Crippen molar-refractivity contribution in [1.29, 1.82) is 0 Å². The number of hydrogen-bond donors (Lipinski definition) is 2. The normalized spacial score (nSPS) is 10.2. The summed E-state index contributed by atoms with van der Waals surface area (Å²) in [6.07, 6.45) is 1.77. The van der Waals surface area contributed by atoms with Gasteiger partial charge in [-0.05, 0) is 55.9 Å². The van der Waals surface area contributed by atoms with Crippen molar-refractivity contribution in [3.05, 3.63) is 53.7 Å². The zero-order chi connectivity index (χ0) is 15.1. The minimum absolute atomic E-state index is 0.609. The van der Waals surface area contributed by atoms with Crippen molar-refractivity contribution in [3.63, 3.8) is 0 Å². The van der Waals surface area contributed by atoms with Crippen LogP contribution in [0.2, 0.25) is 0 Å². The van der Waals surface area contributed by atoms with Crippen LogP contribution in [0.1, 0.15) is 11.1 Å². The largest absolute Gasteiger partial charge is 0.362 e. The van der Waals surface area contributed by atoms with Gasteiger partial charge in [0.25, 0.3) is 0 Å². The molecular formula is C16H19N3S2. The Balaban J connectivity index is 1.68. The van der Waals surface area contributed by atoms with Gasteiger partial charge < -0.3 is 10.6 Å². The molecule has 2 aromatic rings. The van der Waals surface area contributed by atoms with Gasteiger partial charge in [0.1, 0.15) is 5.82 Å². The van der Waals surface area contributed by atoms with Gasteiger partial charge in [0.15, 0.2) is 5.11 Å². The number of thioether (sulfide) groups is 1. The highest BCUT2D eigenvalue weighted by Gasteiger charge is 1.99. The number of benzene rings is 1. The number of anilines is 1. The zero-order valence-corrected chi connectivity index (χ0v) is 13.9. The summed E-state index contributed by atoms with van der Waals surface area (Å²) in [5.74, 6) is 1.74. The van der Waals surface area contributed by atoms with Gasteiger partial charge in [0.2, 0.25) is 0 Å². The molecule has 5 heteroatoms. The van der Waals surface area contributed by atoms with Crippen molar-refractivity contribution in [1.82, 2.24) is 10.3 Å². The van der Waals surface area contributed by atoms with Crippen LogP contribution in [-0.4, -0.2) is 22.4 Å². The number of pyridine rings is 1. The molecule has 0 unspecified atom stereocenters. The van der Waals surface area contributed by atoms with E-state index in [1.807, 2.05) is 30.8 Å². The summed E-state index contributed by atoms with van der Waals surface area (Å²) in [6.45, 7) is 4.94. The summed E-state index contributed by atoms with van der Waals surface area (Å²) in [4.78, 5) is 5.50. The fraction of sp³-hybridized carbons (Fsp3) is 0.250. The van der Waals surface area contributed by atoms with Crippen LogP contribution in [0.5, 0.6) is 0 Å². The predicted octanol–water partition coefficient (Wildman–Crippen LogP) is 3.78. The number of rotatable bonds is 5. The number of aromatic nitrogens is 1. The Labute approximate surface area is 135 Å². The van der Waals surface area contributed by atoms with E-state index in [4.69, 9.17) is 12.2 Å². The molecule has 0 saturated heterocycles. The first kappa shape index (κ1) is 15.8. The minimum Gasteiger partial charge on any atom is -0.362 e. The maximum atomic E-state index is 5.25. The van der Waals surface area contributed by atoms with E-state index in [-0.39, 0.29) is 0 Å². The van der Waals surface area contributed by atoms with Gasteiger partial charge in [-0.2, -0.15) is 0 Å². The molecule has 0 aliphatic rings. The molecule has 0 fully saturated rings. The van der Waals surface area contributed by atoms with Crippen molar-refractivity contribution in [2.75, 3.05) is 17.6 Å². The van der Waals surface area contributed by atoms with Crippen LogP contribution in [0, 0.1) is 13.8 Å². The maximum absolute atomic E-state index is 5.25. The lowest BCUT2D eigenvalue weighted by atomic mass is 10.2. The molecule has 110 valence electrons. The molecule has 0 amide bonds. The van der Waals surface area contributed by atoms with Crippen LogP contribution in [0.25, 0.3) is 0 Å². The first-order valence-electron chi connectivity index (χ1n) is 6.80. The van der Waals surface area contributed by atoms with E-state index in [1.165, 1.54) is 10.5 Å². The van der Waals surface area contributed by atoms with E-state index in [9.17, 15) is 0 Å². The molecule has 0 atom stereocenters. The summed E-state index contributed by atoms with van der Waals surface area (Å²) in [5, 5.41) is 6.89. The molecule has 1 aromatic carbocycles. The number of aryl methyl sites for hydroxylation is 2. The predicted molar refractivity (Wildman–Crippen MR) is 95.1 cm³/mol. The Morgan fingerprint density at radius 3 is 2.62 bits per heavy atom. The highest BCUT2D eigenvalue weighted by molar-refractivity contribution is 7.99. The summed E-state index contributed by atoms with van der Waals surface area (Å²) < 4.78 is 0. The Morgan fingerprint density at radius 1 is 1.14 bits per heavy atom. The van der Waals surface area contributed by atoms with Crippen LogP contribution < -0.4 is 10.6 Å². The Kier molecular flexibility index (Phi) is 6.02. The fourth-order valence-corrected chi connectivity index (χ4v) is 2.71. The van der Waals surface area contributed by atoms with Crippen LogP contribution in [0.4, 0.5) is 5.82 Å². The molecule has 0 saturated carbocycles. The molecular weight excluding hydrogens is 298 g/mol. The topological polar surface area (TPSA) is 37.0 Å². The third kappa shape index (κ3) is 5.73. The van der Waals surface area contributed by atoms with Crippen molar-refractivity contribution >= 4 is 34.9 Å². The second kappa shape index (κ2) is 8.00. The molecule has 0 aliphatic carbocycles. The lowest BCUT2D eigenvalue weighted by molar-refractivity contribution is 0.988. The van der Waals surface area contributed by atoms with E-state index >= 15 is 0 Å². The quantitative estimate of drug-likeness (QED) is 0.499. The summed E-state index contributed by atoms with van der Waals surface area (Å²) >= 11 is 7.07. The summed E-state index contributed by atoms with van der Waals surface area (Å²) in [6, 6.07) is 12.5. The summed E-state index contributed by atoms with van der Waals surface area (Å²) in [7, 11) is 0. The van der Waals surface area contributed by atoms with E-state index in [0.717, 1.165) is 23.7 Å². The molecule has 0 bridgehead atoms. The van der Waals surface area contributed by atoms with Crippen LogP contribution in [0.3, 0.4) is 0 Å². The van der Waals surface area contributed by atoms with E-state index < -0.39 is 0 Å². The summed E-state index contributed by atoms with van der Waals surface area (Å²) in [5.41, 5.74) is 2.44. The van der Waals surface area contributed by atoms with Crippen molar-refractivity contribution in [2.24, 2.45) is 0 Å². The monoisotopic (exact) mass is 317 g/mol. The lowest BCUT2D eigenvalue weighted by Crippen LogP contribution is -2.30. The van der Waals surface area contributed by atoms with Gasteiger partial charge in [-0.3, -0.25) is 0 Å². The van der Waals surface area contributed by atoms with E-state index in [0.29, 0.717) is 5.11 Å². The standard InChI is InChI=1S/C16H19N3S2/c1-12-3-5-14(6-4-12)21-10-9-18-16(20)19-15-11-13(2)7-8-17-15/h3-8,11H,9-10H2,1-2H3,(H2,17,18,19,20). The zero-order valence-electron chi connectivity index (χ0n) is 12.2. The molecule has 0 aliphatic heterocycles. The lowest BCUT2D eigenvalue weighted by Gasteiger charge is -2.10. The second-order valence-corrected chi connectivity index (χ2v) is 6.34. The molecule has 2 N–H and O–H groups in total. The molecule has 3 nitrogen and oxygen atoms in total. The maximum Gasteiger partial charge on any atom is 0.171 e. The van der Waals surface area contributed by atoms with Gasteiger partial charge >= 0.3 is 0 Å². The number of nitrogens with zero attached hydrogens (tertiary/aromatic N) is 1. The fourth-order valence-electron chi connectivity index (χ4n) is 1.73. The molecule has 0 spiro atoms. The van der Waals surface area contributed by atoms with E-state index in [2.05, 4.69) is 46.8 Å². The van der Waals surface area contributed by atoms with Crippen LogP contribution >= 0.6 is 24.0 Å². The third-order valence-electron chi connectivity index (χ3n) is 2.83. The molecule has 21 heavy (non-hydrogen) atoms. The highest BCUT2D eigenvalue weighted by atomic mass is 32.2. The molecule has 1 aromatic heterocycles. The van der Waals surface area contributed by atoms with Crippen molar-refractivity contribution in [2.45, 2.75) is 18.7 Å². The van der Waals surface area contributed by atoms with Gasteiger partial charge in [-0.25, -0.2) is 4.98 Å². The number of thiocarbonyl (C=S) groups is 1. The molecule has 0 radical (unpaired) electrons. The average Bonchev–Trinajstić information content (AvgIpc) is 2.45. The number of nitrogens with one attached hydrogen (secondary N) is 2. The smallest absolute Gasteiger partial charge is 0.171 e. The molecule has 1 heterocycles. The highest BCUT2D eigenvalue weighted by Crippen LogP contribution is 2.17. The van der Waals surface area contributed by atoms with Gasteiger partial charge in [-0.15, -0.1) is 11.8 Å². The van der Waals surface area contributed by atoms with Crippen LogP contribution in [-0.2, 0) is 0 Å². The number of hydrogen-bond acceptors (Lipinski definition) is 3. The van der Waals surface area contributed by atoms with Crippen molar-refractivity contribution in [3.8, 4) is 0 Å².